The number of carbonyl (C=O) groups is 1. The number of nitrogens with zero attached hydrogens (tertiary/aromatic N) is 3. The predicted octanol–water partition coefficient (Wildman–Crippen LogP) is 3.78. The van der Waals surface area contributed by atoms with Gasteiger partial charge in [0.1, 0.15) is 5.75 Å². The summed E-state index contributed by atoms with van der Waals surface area (Å²) in [7, 11) is 1.65. The molecule has 1 aliphatic carbocycles. The first-order valence-electron chi connectivity index (χ1n) is 9.27. The van der Waals surface area contributed by atoms with E-state index in [-0.39, 0.29) is 5.91 Å². The van der Waals surface area contributed by atoms with E-state index in [4.69, 9.17) is 4.74 Å². The van der Waals surface area contributed by atoms with Crippen molar-refractivity contribution in [2.45, 2.75) is 12.8 Å². The molecule has 1 saturated heterocycles. The molecule has 5 rings (SSSR count). The summed E-state index contributed by atoms with van der Waals surface area (Å²) in [5.74, 6) is 0.827. The minimum atomic E-state index is 0.0250. The number of methoxy groups -OCH3 is 1. The average Bonchev–Trinajstić information content (AvgIpc) is 3.38. The molecule has 2 aromatic carbocycles. The molecule has 1 aromatic heterocycles. The Morgan fingerprint density at radius 2 is 1.74 bits per heavy atom. The number of hydrogen-bond donors (Lipinski definition) is 0. The highest BCUT2D eigenvalue weighted by Crippen LogP contribution is 2.53. The number of ether oxygens (including phenoxy) is 1. The van der Waals surface area contributed by atoms with Crippen LogP contribution in [0.5, 0.6) is 5.75 Å². The largest absolute Gasteiger partial charge is 0.497 e. The van der Waals surface area contributed by atoms with E-state index in [1.165, 1.54) is 12.8 Å². The number of carbonyl (C=O) groups excluding carboxylic acids is 1. The predicted molar refractivity (Wildman–Crippen MR) is 103 cm³/mol. The summed E-state index contributed by atoms with van der Waals surface area (Å²) in [5, 5.41) is 4.66. The van der Waals surface area contributed by atoms with Crippen molar-refractivity contribution in [1.82, 2.24) is 14.7 Å². The van der Waals surface area contributed by atoms with Crippen LogP contribution in [-0.2, 0) is 0 Å². The summed E-state index contributed by atoms with van der Waals surface area (Å²) in [4.78, 5) is 14.8. The zero-order valence-corrected chi connectivity index (χ0v) is 15.3. The highest BCUT2D eigenvalue weighted by Gasteiger charge is 2.54. The molecule has 3 aromatic rings. The van der Waals surface area contributed by atoms with Crippen LogP contribution in [-0.4, -0.2) is 40.8 Å². The molecule has 2 fully saturated rings. The summed E-state index contributed by atoms with van der Waals surface area (Å²) < 4.78 is 7.11. The lowest BCUT2D eigenvalue weighted by Gasteiger charge is -2.39. The molecule has 1 aliphatic heterocycles. The normalized spacial score (nSPS) is 16.9. The topological polar surface area (TPSA) is 47.4 Å². The van der Waals surface area contributed by atoms with Crippen LogP contribution in [0.3, 0.4) is 0 Å². The molecule has 0 atom stereocenters. The Morgan fingerprint density at radius 3 is 2.37 bits per heavy atom. The molecule has 2 heterocycles. The lowest BCUT2D eigenvalue weighted by atomic mass is 9.96. The molecule has 0 bridgehead atoms. The van der Waals surface area contributed by atoms with Crippen molar-refractivity contribution in [3.8, 4) is 22.7 Å². The summed E-state index contributed by atoms with van der Waals surface area (Å²) >= 11 is 0. The van der Waals surface area contributed by atoms with Crippen LogP contribution in [0.2, 0.25) is 0 Å². The van der Waals surface area contributed by atoms with Gasteiger partial charge in [-0.3, -0.25) is 4.79 Å². The quantitative estimate of drug-likeness (QED) is 0.712. The Hall–Kier alpha value is -3.08. The van der Waals surface area contributed by atoms with Crippen LogP contribution < -0.4 is 4.74 Å². The second-order valence-electron chi connectivity index (χ2n) is 7.55. The summed E-state index contributed by atoms with van der Waals surface area (Å²) in [6.07, 6.45) is 2.51. The van der Waals surface area contributed by atoms with Gasteiger partial charge in [-0.2, -0.15) is 5.10 Å². The number of rotatable bonds is 4. The van der Waals surface area contributed by atoms with Gasteiger partial charge in [0.2, 0.25) is 0 Å². The first-order valence-corrected chi connectivity index (χ1v) is 9.27. The average molecular weight is 359 g/mol. The van der Waals surface area contributed by atoms with Crippen molar-refractivity contribution in [3.63, 3.8) is 0 Å². The van der Waals surface area contributed by atoms with Crippen LogP contribution >= 0.6 is 0 Å². The first-order chi connectivity index (χ1) is 13.2. The van der Waals surface area contributed by atoms with Gasteiger partial charge in [0.25, 0.3) is 5.91 Å². The molecule has 1 saturated carbocycles. The third-order valence-electron chi connectivity index (χ3n) is 5.61. The van der Waals surface area contributed by atoms with E-state index in [0.29, 0.717) is 11.1 Å². The molecule has 5 nitrogen and oxygen atoms in total. The molecule has 5 heteroatoms. The van der Waals surface area contributed by atoms with Gasteiger partial charge in [-0.25, -0.2) is 4.68 Å². The molecule has 0 radical (unpaired) electrons. The molecule has 0 unspecified atom stereocenters. The Balaban J connectivity index is 1.53. The minimum Gasteiger partial charge on any atom is -0.497 e. The molecule has 2 aliphatic rings. The molecular weight excluding hydrogens is 338 g/mol. The number of aromatic nitrogens is 2. The second kappa shape index (κ2) is 5.98. The Morgan fingerprint density at radius 1 is 1.04 bits per heavy atom. The van der Waals surface area contributed by atoms with Gasteiger partial charge in [0.05, 0.1) is 18.5 Å². The van der Waals surface area contributed by atoms with Crippen LogP contribution in [0.25, 0.3) is 16.9 Å². The molecule has 136 valence electrons. The van der Waals surface area contributed by atoms with Crippen molar-refractivity contribution in [2.24, 2.45) is 5.41 Å². The van der Waals surface area contributed by atoms with Gasteiger partial charge in [-0.1, -0.05) is 18.2 Å². The number of likely N-dealkylation sites (tertiary alicyclic amines) is 1. The van der Waals surface area contributed by atoms with Crippen LogP contribution in [0, 0.1) is 5.41 Å². The molecular formula is C22H21N3O2. The highest BCUT2D eigenvalue weighted by atomic mass is 16.5. The van der Waals surface area contributed by atoms with Crippen LogP contribution in [0.4, 0.5) is 0 Å². The highest BCUT2D eigenvalue weighted by molar-refractivity contribution is 5.94. The fourth-order valence-electron chi connectivity index (χ4n) is 3.78. The maximum Gasteiger partial charge on any atom is 0.274 e. The Kier molecular flexibility index (Phi) is 3.57. The number of para-hydroxylation sites is 1. The van der Waals surface area contributed by atoms with Gasteiger partial charge in [-0.05, 0) is 55.3 Å². The van der Waals surface area contributed by atoms with E-state index in [2.05, 4.69) is 5.10 Å². The van der Waals surface area contributed by atoms with Crippen LogP contribution in [0.1, 0.15) is 23.3 Å². The lowest BCUT2D eigenvalue weighted by molar-refractivity contribution is 0.0436. The monoisotopic (exact) mass is 359 g/mol. The summed E-state index contributed by atoms with van der Waals surface area (Å²) in [5.41, 5.74) is 3.77. The SMILES string of the molecule is COc1ccc(-c2cc(C(=O)N3CC4(CC4)C3)nn2-c2ccccc2)cc1. The third kappa shape index (κ3) is 2.79. The standard InChI is InChI=1S/C22H21N3O2/c1-27-18-9-7-16(8-10-18)20-13-19(21(26)24-14-22(15-24)11-12-22)23-25(20)17-5-3-2-4-6-17/h2-10,13H,11-12,14-15H2,1H3. The molecule has 0 N–H and O–H groups in total. The minimum absolute atomic E-state index is 0.0250. The number of amides is 1. The van der Waals surface area contributed by atoms with Gasteiger partial charge in [0, 0.05) is 24.1 Å². The van der Waals surface area contributed by atoms with E-state index < -0.39 is 0 Å². The fraction of sp³-hybridized carbons (Fsp3) is 0.273. The van der Waals surface area contributed by atoms with Gasteiger partial charge >= 0.3 is 0 Å². The smallest absolute Gasteiger partial charge is 0.274 e. The molecule has 1 amide bonds. The maximum absolute atomic E-state index is 12.9. The maximum atomic E-state index is 12.9. The van der Waals surface area contributed by atoms with E-state index in [1.807, 2.05) is 70.2 Å². The molecule has 27 heavy (non-hydrogen) atoms. The lowest BCUT2D eigenvalue weighted by Crippen LogP contribution is -2.51. The van der Waals surface area contributed by atoms with Crippen molar-refractivity contribution in [2.75, 3.05) is 20.2 Å². The first kappa shape index (κ1) is 16.1. The Labute approximate surface area is 158 Å². The van der Waals surface area contributed by atoms with Crippen molar-refractivity contribution >= 4 is 5.91 Å². The van der Waals surface area contributed by atoms with Gasteiger partial charge in [-0.15, -0.1) is 0 Å². The zero-order valence-electron chi connectivity index (χ0n) is 15.3. The van der Waals surface area contributed by atoms with E-state index in [1.54, 1.807) is 7.11 Å². The second-order valence-corrected chi connectivity index (χ2v) is 7.55. The summed E-state index contributed by atoms with van der Waals surface area (Å²) in [6.45, 7) is 1.75. The number of hydrogen-bond acceptors (Lipinski definition) is 3. The fourth-order valence-corrected chi connectivity index (χ4v) is 3.78. The van der Waals surface area contributed by atoms with Crippen LogP contribution in [0.15, 0.2) is 60.7 Å². The Bertz CT molecular complexity index is 980. The number of benzene rings is 2. The molecule has 1 spiro atoms. The van der Waals surface area contributed by atoms with E-state index in [0.717, 1.165) is 35.8 Å². The van der Waals surface area contributed by atoms with Gasteiger partial charge < -0.3 is 9.64 Å². The van der Waals surface area contributed by atoms with Gasteiger partial charge in [0.15, 0.2) is 5.69 Å². The van der Waals surface area contributed by atoms with Crippen molar-refractivity contribution < 1.29 is 9.53 Å². The van der Waals surface area contributed by atoms with E-state index in [9.17, 15) is 4.79 Å². The van der Waals surface area contributed by atoms with E-state index >= 15 is 0 Å². The zero-order chi connectivity index (χ0) is 18.4. The van der Waals surface area contributed by atoms with Crippen molar-refractivity contribution in [1.29, 1.82) is 0 Å². The third-order valence-corrected chi connectivity index (χ3v) is 5.61. The van der Waals surface area contributed by atoms with Crippen molar-refractivity contribution in [3.05, 3.63) is 66.4 Å². The summed E-state index contributed by atoms with van der Waals surface area (Å²) in [6, 6.07) is 19.6.